The fourth-order valence-corrected chi connectivity index (χ4v) is 3.06. The van der Waals surface area contributed by atoms with Crippen LogP contribution in [0.3, 0.4) is 0 Å². The fraction of sp³-hybridized carbons (Fsp3) is 0.857. The van der Waals surface area contributed by atoms with Crippen molar-refractivity contribution in [1.29, 1.82) is 0 Å². The van der Waals surface area contributed by atoms with E-state index in [9.17, 15) is 9.59 Å². The van der Waals surface area contributed by atoms with Crippen molar-refractivity contribution in [1.82, 2.24) is 15.5 Å². The molecule has 6 nitrogen and oxygen atoms in total. The molecule has 2 aliphatic rings. The van der Waals surface area contributed by atoms with Crippen LogP contribution in [0.4, 0.5) is 4.79 Å². The zero-order chi connectivity index (χ0) is 14.4. The number of halogens is 1. The first-order chi connectivity index (χ1) is 9.69. The monoisotopic (exact) mass is 318 g/mol. The molecule has 1 heterocycles. The third-order valence-electron chi connectivity index (χ3n) is 4.30. The van der Waals surface area contributed by atoms with Crippen LogP contribution in [0.2, 0.25) is 0 Å². The Morgan fingerprint density at radius 1 is 0.952 bits per heavy atom. The first-order valence-electron chi connectivity index (χ1n) is 7.74. The molecule has 0 unspecified atom stereocenters. The van der Waals surface area contributed by atoms with Crippen molar-refractivity contribution in [3.05, 3.63) is 0 Å². The van der Waals surface area contributed by atoms with Crippen LogP contribution in [-0.2, 0) is 4.79 Å². The Bertz CT molecular complexity index is 340. The molecular weight excluding hydrogens is 292 g/mol. The number of nitrogens with one attached hydrogen (secondary N) is 2. The normalized spacial score (nSPS) is 20.5. The topological polar surface area (TPSA) is 87.5 Å². The predicted molar refractivity (Wildman–Crippen MR) is 84.4 cm³/mol. The van der Waals surface area contributed by atoms with E-state index in [2.05, 4.69) is 10.6 Å². The van der Waals surface area contributed by atoms with Crippen molar-refractivity contribution in [3.63, 3.8) is 0 Å². The third kappa shape index (κ3) is 5.71. The number of hydrogen-bond donors (Lipinski definition) is 3. The van der Waals surface area contributed by atoms with Gasteiger partial charge in [-0.05, 0) is 25.7 Å². The predicted octanol–water partition coefficient (Wildman–Crippen LogP) is 0.990. The summed E-state index contributed by atoms with van der Waals surface area (Å²) in [4.78, 5) is 25.2. The van der Waals surface area contributed by atoms with E-state index in [4.69, 9.17) is 5.73 Å². The van der Waals surface area contributed by atoms with E-state index < -0.39 is 0 Å². The molecule has 1 saturated carbocycles. The van der Waals surface area contributed by atoms with Crippen molar-refractivity contribution in [2.24, 2.45) is 5.73 Å². The summed E-state index contributed by atoms with van der Waals surface area (Å²) in [6, 6.07) is 0.448. The maximum Gasteiger partial charge on any atom is 0.315 e. The zero-order valence-corrected chi connectivity index (χ0v) is 13.3. The number of carbonyl (C=O) groups excluding carboxylic acids is 2. The highest BCUT2D eigenvalue weighted by Gasteiger charge is 2.24. The van der Waals surface area contributed by atoms with Crippen LogP contribution < -0.4 is 16.4 Å². The van der Waals surface area contributed by atoms with Crippen molar-refractivity contribution >= 4 is 24.3 Å². The van der Waals surface area contributed by atoms with E-state index in [1.807, 2.05) is 0 Å². The molecule has 0 spiro atoms. The van der Waals surface area contributed by atoms with Gasteiger partial charge in [-0.15, -0.1) is 12.4 Å². The van der Waals surface area contributed by atoms with E-state index in [1.54, 1.807) is 4.90 Å². The molecule has 21 heavy (non-hydrogen) atoms. The second-order valence-electron chi connectivity index (χ2n) is 5.81. The van der Waals surface area contributed by atoms with Crippen LogP contribution in [0.1, 0.15) is 44.9 Å². The summed E-state index contributed by atoms with van der Waals surface area (Å²) in [5.74, 6) is -0.00453. The molecule has 0 bridgehead atoms. The second-order valence-corrected chi connectivity index (χ2v) is 5.81. The molecule has 4 N–H and O–H groups in total. The second kappa shape index (κ2) is 9.10. The average Bonchev–Trinajstić information content (AvgIpc) is 2.48. The molecule has 2 rings (SSSR count). The lowest BCUT2D eigenvalue weighted by molar-refractivity contribution is -0.130. The summed E-state index contributed by atoms with van der Waals surface area (Å²) < 4.78 is 0. The first kappa shape index (κ1) is 18.0. The summed E-state index contributed by atoms with van der Waals surface area (Å²) in [6.45, 7) is 1.44. The molecule has 0 aromatic carbocycles. The highest BCUT2D eigenvalue weighted by molar-refractivity contribution is 5.85. The van der Waals surface area contributed by atoms with E-state index >= 15 is 0 Å². The van der Waals surface area contributed by atoms with Crippen LogP contribution in [-0.4, -0.2) is 48.6 Å². The Labute approximate surface area is 132 Å². The molecule has 0 radical (unpaired) electrons. The Kier molecular flexibility index (Phi) is 7.82. The highest BCUT2D eigenvalue weighted by atomic mass is 35.5. The van der Waals surface area contributed by atoms with E-state index in [-0.39, 0.29) is 36.9 Å². The largest absolute Gasteiger partial charge is 0.341 e. The van der Waals surface area contributed by atoms with Gasteiger partial charge in [-0.3, -0.25) is 4.79 Å². The van der Waals surface area contributed by atoms with Gasteiger partial charge in [0.25, 0.3) is 0 Å². The van der Waals surface area contributed by atoms with Crippen LogP contribution >= 0.6 is 12.4 Å². The Balaban J connectivity index is 0.00000220. The maximum atomic E-state index is 11.9. The number of likely N-dealkylation sites (tertiary alicyclic amines) is 1. The maximum absolute atomic E-state index is 11.9. The van der Waals surface area contributed by atoms with Crippen LogP contribution in [0.5, 0.6) is 0 Å². The Morgan fingerprint density at radius 3 is 2.00 bits per heavy atom. The lowest BCUT2D eigenvalue weighted by atomic mass is 9.96. The van der Waals surface area contributed by atoms with Gasteiger partial charge in [-0.1, -0.05) is 19.3 Å². The number of carbonyl (C=O) groups is 2. The number of urea groups is 1. The van der Waals surface area contributed by atoms with Gasteiger partial charge in [-0.2, -0.15) is 0 Å². The summed E-state index contributed by atoms with van der Waals surface area (Å²) in [5, 5.41) is 6.09. The van der Waals surface area contributed by atoms with Crippen molar-refractivity contribution < 1.29 is 9.59 Å². The molecular formula is C14H27ClN4O2. The van der Waals surface area contributed by atoms with Gasteiger partial charge in [0.1, 0.15) is 0 Å². The minimum Gasteiger partial charge on any atom is -0.341 e. The quantitative estimate of drug-likeness (QED) is 0.725. The van der Waals surface area contributed by atoms with Gasteiger partial charge in [-0.25, -0.2) is 4.79 Å². The zero-order valence-electron chi connectivity index (χ0n) is 12.5. The first-order valence-corrected chi connectivity index (χ1v) is 7.74. The molecule has 0 aromatic rings. The van der Waals surface area contributed by atoms with E-state index in [0.717, 1.165) is 25.7 Å². The fourth-order valence-electron chi connectivity index (χ4n) is 3.06. The van der Waals surface area contributed by atoms with Crippen molar-refractivity contribution in [3.8, 4) is 0 Å². The lowest BCUT2D eigenvalue weighted by Crippen LogP contribution is -2.51. The minimum atomic E-state index is -0.0551. The van der Waals surface area contributed by atoms with Crippen LogP contribution in [0, 0.1) is 0 Å². The van der Waals surface area contributed by atoms with Crippen LogP contribution in [0.15, 0.2) is 0 Å². The Morgan fingerprint density at radius 2 is 1.48 bits per heavy atom. The average molecular weight is 319 g/mol. The minimum absolute atomic E-state index is 0. The van der Waals surface area contributed by atoms with Gasteiger partial charge in [0.15, 0.2) is 0 Å². The molecule has 1 aliphatic carbocycles. The number of rotatable bonds is 3. The standard InChI is InChI=1S/C14H26N4O2.ClH/c15-10-13(19)18-8-6-12(7-9-18)17-14(20)16-11-4-2-1-3-5-11;/h11-12H,1-10,15H2,(H2,16,17,20);1H. The summed E-state index contributed by atoms with van der Waals surface area (Å²) in [7, 11) is 0. The smallest absolute Gasteiger partial charge is 0.315 e. The molecule has 1 saturated heterocycles. The van der Waals surface area contributed by atoms with E-state index in [0.29, 0.717) is 19.1 Å². The van der Waals surface area contributed by atoms with Crippen LogP contribution in [0.25, 0.3) is 0 Å². The third-order valence-corrected chi connectivity index (χ3v) is 4.30. The van der Waals surface area contributed by atoms with Gasteiger partial charge in [0.05, 0.1) is 6.54 Å². The molecule has 7 heteroatoms. The molecule has 2 fully saturated rings. The molecule has 0 aromatic heterocycles. The molecule has 122 valence electrons. The number of piperidine rings is 1. The van der Waals surface area contributed by atoms with E-state index in [1.165, 1.54) is 19.3 Å². The number of hydrogen-bond acceptors (Lipinski definition) is 3. The molecule has 0 atom stereocenters. The highest BCUT2D eigenvalue weighted by Crippen LogP contribution is 2.17. The van der Waals surface area contributed by atoms with Gasteiger partial charge in [0.2, 0.25) is 5.91 Å². The SMILES string of the molecule is Cl.NCC(=O)N1CCC(NC(=O)NC2CCCCC2)CC1. The lowest BCUT2D eigenvalue weighted by Gasteiger charge is -2.32. The number of nitrogens with two attached hydrogens (primary N) is 1. The summed E-state index contributed by atoms with van der Waals surface area (Å²) >= 11 is 0. The number of nitrogens with zero attached hydrogens (tertiary/aromatic N) is 1. The van der Waals surface area contributed by atoms with Crippen molar-refractivity contribution in [2.45, 2.75) is 57.0 Å². The number of amides is 3. The van der Waals surface area contributed by atoms with Gasteiger partial charge >= 0.3 is 6.03 Å². The molecule has 1 aliphatic heterocycles. The summed E-state index contributed by atoms with van der Waals surface area (Å²) in [5.41, 5.74) is 5.35. The summed E-state index contributed by atoms with van der Waals surface area (Å²) in [6.07, 6.45) is 7.52. The van der Waals surface area contributed by atoms with Gasteiger partial charge in [0, 0.05) is 25.2 Å². The van der Waals surface area contributed by atoms with Crippen molar-refractivity contribution in [2.75, 3.05) is 19.6 Å². The Hall–Kier alpha value is -1.01. The molecule has 3 amide bonds. The van der Waals surface area contributed by atoms with Gasteiger partial charge < -0.3 is 21.3 Å².